The lowest BCUT2D eigenvalue weighted by Gasteiger charge is -2.46. The summed E-state index contributed by atoms with van der Waals surface area (Å²) in [5.74, 6) is -0.382. The maximum Gasteiger partial charge on any atom is 0.433 e. The monoisotopic (exact) mass is 620 g/mol. The number of halogens is 3. The van der Waals surface area contributed by atoms with Crippen LogP contribution in [0.15, 0.2) is 24.3 Å². The molecular weight excluding hydrogens is 575 g/mol. The SMILES string of the molecule is [2H]C([2H])([2H])Oc1cccc([C@@H]2[C@H](N3CCN(C(=O)OC(C)(C)C)C4(CC4)C3)CCN2C(=O)Cn2nc(C3CC3)cc2C(F)(F)F)c1C. The molecule has 4 fully saturated rings. The lowest BCUT2D eigenvalue weighted by molar-refractivity contribution is -0.146. The van der Waals surface area contributed by atoms with Crippen LogP contribution in [0.25, 0.3) is 0 Å². The fourth-order valence-corrected chi connectivity index (χ4v) is 6.92. The molecular formula is C32H42F3N5O4. The molecule has 9 nitrogen and oxygen atoms in total. The summed E-state index contributed by atoms with van der Waals surface area (Å²) in [6, 6.07) is 5.25. The van der Waals surface area contributed by atoms with Crippen LogP contribution in [0, 0.1) is 6.92 Å². The van der Waals surface area contributed by atoms with Gasteiger partial charge in [0.05, 0.1) is 28.4 Å². The highest BCUT2D eigenvalue weighted by Crippen LogP contribution is 2.48. The van der Waals surface area contributed by atoms with E-state index in [0.29, 0.717) is 42.9 Å². The molecule has 2 amide bonds. The van der Waals surface area contributed by atoms with Crippen molar-refractivity contribution < 1.29 is 36.3 Å². The molecule has 3 heterocycles. The lowest BCUT2D eigenvalue weighted by atomic mass is 9.93. The number of carbonyl (C=O) groups excluding carboxylic acids is 2. The van der Waals surface area contributed by atoms with Crippen molar-refractivity contribution in [3.8, 4) is 5.75 Å². The largest absolute Gasteiger partial charge is 0.496 e. The molecule has 0 unspecified atom stereocenters. The zero-order chi connectivity index (χ0) is 34.1. The zero-order valence-corrected chi connectivity index (χ0v) is 25.6. The smallest absolute Gasteiger partial charge is 0.433 e. The van der Waals surface area contributed by atoms with Gasteiger partial charge in [-0.05, 0) is 83.1 Å². The number of hydrogen-bond donors (Lipinski definition) is 0. The van der Waals surface area contributed by atoms with Crippen molar-refractivity contribution in [3.63, 3.8) is 0 Å². The molecule has 6 rings (SSSR count). The Balaban J connectivity index is 1.31. The van der Waals surface area contributed by atoms with Crippen LogP contribution in [0.3, 0.4) is 0 Å². The third-order valence-corrected chi connectivity index (χ3v) is 9.40. The Kier molecular flexibility index (Phi) is 6.74. The summed E-state index contributed by atoms with van der Waals surface area (Å²) in [6.45, 7) is 8.42. The predicted molar refractivity (Wildman–Crippen MR) is 156 cm³/mol. The lowest BCUT2D eigenvalue weighted by Crippen LogP contribution is -2.60. The molecule has 1 spiro atoms. The number of aromatic nitrogens is 2. The minimum atomic E-state index is -4.67. The van der Waals surface area contributed by atoms with Crippen LogP contribution in [0.5, 0.6) is 5.75 Å². The fourth-order valence-electron chi connectivity index (χ4n) is 6.92. The Labute approximate surface area is 260 Å². The number of methoxy groups -OCH3 is 1. The highest BCUT2D eigenvalue weighted by Gasteiger charge is 2.56. The number of amides is 2. The number of carbonyl (C=O) groups is 2. The van der Waals surface area contributed by atoms with Gasteiger partial charge >= 0.3 is 12.3 Å². The number of alkyl halides is 3. The van der Waals surface area contributed by atoms with E-state index in [-0.39, 0.29) is 35.9 Å². The number of piperazine rings is 1. The van der Waals surface area contributed by atoms with Crippen LogP contribution in [0.1, 0.15) is 91.5 Å². The maximum atomic E-state index is 14.0. The van der Waals surface area contributed by atoms with Crippen molar-refractivity contribution in [1.29, 1.82) is 0 Å². The average Bonchev–Trinajstić information content (AvgIpc) is 3.84. The third kappa shape index (κ3) is 5.89. The quantitative estimate of drug-likeness (QED) is 0.423. The molecule has 12 heteroatoms. The van der Waals surface area contributed by atoms with Gasteiger partial charge in [0, 0.05) is 38.1 Å². The molecule has 2 aliphatic carbocycles. The number of rotatable bonds is 6. The normalized spacial score (nSPS) is 25.0. The molecule has 4 aliphatic rings. The third-order valence-electron chi connectivity index (χ3n) is 9.40. The molecule has 240 valence electrons. The van der Waals surface area contributed by atoms with Gasteiger partial charge in [0.25, 0.3) is 0 Å². The van der Waals surface area contributed by atoms with Crippen LogP contribution in [0.2, 0.25) is 0 Å². The molecule has 1 aromatic heterocycles. The highest BCUT2D eigenvalue weighted by atomic mass is 19.4. The first kappa shape index (κ1) is 27.1. The van der Waals surface area contributed by atoms with Gasteiger partial charge in [0.2, 0.25) is 5.91 Å². The van der Waals surface area contributed by atoms with Gasteiger partial charge in [-0.25, -0.2) is 4.79 Å². The van der Waals surface area contributed by atoms with E-state index in [9.17, 15) is 22.8 Å². The van der Waals surface area contributed by atoms with E-state index >= 15 is 0 Å². The summed E-state index contributed by atoms with van der Waals surface area (Å²) >= 11 is 0. The van der Waals surface area contributed by atoms with Gasteiger partial charge in [-0.15, -0.1) is 0 Å². The first-order chi connectivity index (χ1) is 21.9. The van der Waals surface area contributed by atoms with Crippen LogP contribution in [-0.4, -0.2) is 86.9 Å². The highest BCUT2D eigenvalue weighted by molar-refractivity contribution is 5.77. The van der Waals surface area contributed by atoms with Crippen molar-refractivity contribution in [2.24, 2.45) is 0 Å². The summed E-state index contributed by atoms with van der Waals surface area (Å²) in [4.78, 5) is 32.8. The number of ether oxygens (including phenoxy) is 2. The molecule has 0 radical (unpaired) electrons. The van der Waals surface area contributed by atoms with Gasteiger partial charge in [-0.1, -0.05) is 12.1 Å². The second kappa shape index (κ2) is 11.0. The van der Waals surface area contributed by atoms with Crippen molar-refractivity contribution in [3.05, 3.63) is 46.8 Å². The van der Waals surface area contributed by atoms with Crippen molar-refractivity contribution in [1.82, 2.24) is 24.5 Å². The van der Waals surface area contributed by atoms with Crippen molar-refractivity contribution in [2.45, 2.75) is 102 Å². The van der Waals surface area contributed by atoms with Gasteiger partial charge < -0.3 is 14.4 Å². The summed E-state index contributed by atoms with van der Waals surface area (Å²) in [5, 5.41) is 4.21. The summed E-state index contributed by atoms with van der Waals surface area (Å²) in [6.07, 6.45) is -1.31. The number of hydrogen-bond acceptors (Lipinski definition) is 6. The molecule has 0 bridgehead atoms. The molecule has 2 aliphatic heterocycles. The Morgan fingerprint density at radius 1 is 1.11 bits per heavy atom. The molecule has 0 N–H and O–H groups in total. The Hall–Kier alpha value is -3.28. The Morgan fingerprint density at radius 2 is 1.86 bits per heavy atom. The van der Waals surface area contributed by atoms with E-state index < -0.39 is 43.0 Å². The van der Waals surface area contributed by atoms with Crippen LogP contribution in [-0.2, 0) is 22.3 Å². The van der Waals surface area contributed by atoms with E-state index in [1.165, 1.54) is 0 Å². The number of benzene rings is 1. The van der Waals surface area contributed by atoms with Gasteiger partial charge in [0.15, 0.2) is 0 Å². The number of nitrogens with zero attached hydrogens (tertiary/aromatic N) is 5. The van der Waals surface area contributed by atoms with E-state index in [2.05, 4.69) is 10.00 Å². The standard InChI is InChI=1S/C32H42F3N5O4/c1-20-22(7-6-8-25(20)43-5)28-24(37-15-16-39(31(19-37)12-13-31)29(42)44-30(2,3)4)11-14-38(28)27(41)18-40-26(32(33,34)35)17-23(36-40)21-9-10-21/h6-8,17,21,24,28H,9-16,18-19H2,1-5H3/t24-,28-/m1/s1/i5D3. The van der Waals surface area contributed by atoms with Crippen molar-refractivity contribution in [2.75, 3.05) is 33.2 Å². The van der Waals surface area contributed by atoms with E-state index in [4.69, 9.17) is 13.6 Å². The Morgan fingerprint density at radius 3 is 2.50 bits per heavy atom. The van der Waals surface area contributed by atoms with Gasteiger partial charge in [0.1, 0.15) is 23.6 Å². The second-order valence-corrected chi connectivity index (χ2v) is 13.7. The topological polar surface area (TPSA) is 80.1 Å². The first-order valence-corrected chi connectivity index (χ1v) is 15.3. The summed E-state index contributed by atoms with van der Waals surface area (Å²) < 4.78 is 76.8. The summed E-state index contributed by atoms with van der Waals surface area (Å²) in [5.41, 5.74) is -0.418. The predicted octanol–water partition coefficient (Wildman–Crippen LogP) is 5.52. The Bertz CT molecular complexity index is 1530. The molecule has 1 aromatic carbocycles. The second-order valence-electron chi connectivity index (χ2n) is 13.7. The zero-order valence-electron chi connectivity index (χ0n) is 28.6. The van der Waals surface area contributed by atoms with Crippen LogP contribution < -0.4 is 4.74 Å². The van der Waals surface area contributed by atoms with E-state index in [0.717, 1.165) is 36.4 Å². The van der Waals surface area contributed by atoms with E-state index in [1.54, 1.807) is 24.0 Å². The molecule has 2 saturated heterocycles. The van der Waals surface area contributed by atoms with Crippen LogP contribution in [0.4, 0.5) is 18.0 Å². The maximum absolute atomic E-state index is 14.0. The van der Waals surface area contributed by atoms with Gasteiger partial charge in [-0.2, -0.15) is 18.3 Å². The van der Waals surface area contributed by atoms with Gasteiger partial charge in [-0.3, -0.25) is 19.3 Å². The molecule has 2 atom stereocenters. The van der Waals surface area contributed by atoms with E-state index in [1.807, 2.05) is 31.7 Å². The first-order valence-electron chi connectivity index (χ1n) is 16.8. The van der Waals surface area contributed by atoms with Crippen molar-refractivity contribution >= 4 is 12.0 Å². The minimum absolute atomic E-state index is 0.0194. The molecule has 2 saturated carbocycles. The fraction of sp³-hybridized carbons (Fsp3) is 0.656. The minimum Gasteiger partial charge on any atom is -0.496 e. The molecule has 44 heavy (non-hydrogen) atoms. The average molecular weight is 621 g/mol. The summed E-state index contributed by atoms with van der Waals surface area (Å²) in [7, 11) is -2.70. The van der Waals surface area contributed by atoms with Crippen LogP contribution >= 0.6 is 0 Å². The number of likely N-dealkylation sites (tertiary alicyclic amines) is 1. The molecule has 2 aromatic rings.